The van der Waals surface area contributed by atoms with Gasteiger partial charge in [0.1, 0.15) is 0 Å². The van der Waals surface area contributed by atoms with Crippen molar-refractivity contribution in [1.82, 2.24) is 5.32 Å². The fourth-order valence-corrected chi connectivity index (χ4v) is 9.25. The molecule has 400 valence electrons. The molecule has 0 rings (SSSR count). The van der Waals surface area contributed by atoms with Crippen LogP contribution in [0.4, 0.5) is 0 Å². The van der Waals surface area contributed by atoms with E-state index in [1.54, 1.807) is 0 Å². The minimum atomic E-state index is -0.669. The Hall–Kier alpha value is -1.92. The summed E-state index contributed by atoms with van der Waals surface area (Å²) in [5, 5.41) is 23.3. The molecule has 0 heterocycles. The van der Waals surface area contributed by atoms with Gasteiger partial charge in [-0.05, 0) is 83.5 Å². The number of nitrogens with one attached hydrogen (secondary N) is 1. The molecule has 0 aromatic carbocycles. The van der Waals surface area contributed by atoms with Crippen molar-refractivity contribution in [2.24, 2.45) is 0 Å². The van der Waals surface area contributed by atoms with Crippen LogP contribution in [-0.2, 0) is 14.3 Å². The highest BCUT2D eigenvalue weighted by atomic mass is 16.5. The molecular weight excluding hydrogens is 839 g/mol. The largest absolute Gasteiger partial charge is 0.466 e. The molecule has 0 saturated carbocycles. The van der Waals surface area contributed by atoms with E-state index in [2.05, 4.69) is 55.6 Å². The second-order valence-electron chi connectivity index (χ2n) is 20.7. The molecule has 0 aliphatic heterocycles. The molecule has 0 bridgehead atoms. The Bertz CT molecular complexity index is 1100. The highest BCUT2D eigenvalue weighted by Crippen LogP contribution is 2.17. The van der Waals surface area contributed by atoms with E-state index in [9.17, 15) is 19.8 Å². The first-order chi connectivity index (χ1) is 33.5. The third-order valence-electron chi connectivity index (χ3n) is 13.9. The lowest BCUT2D eigenvalue weighted by Gasteiger charge is -2.22. The predicted molar refractivity (Wildman–Crippen MR) is 296 cm³/mol. The number of carbonyl (C=O) groups is 2. The van der Waals surface area contributed by atoms with Crippen LogP contribution in [0, 0.1) is 0 Å². The highest BCUT2D eigenvalue weighted by Gasteiger charge is 2.20. The number of aliphatic hydroxyl groups excluding tert-OH is 2. The van der Waals surface area contributed by atoms with E-state index in [0.717, 1.165) is 51.4 Å². The number of hydrogen-bond donors (Lipinski definition) is 3. The lowest BCUT2D eigenvalue weighted by Crippen LogP contribution is -2.45. The smallest absolute Gasteiger partial charge is 0.305 e. The van der Waals surface area contributed by atoms with Gasteiger partial charge in [0.2, 0.25) is 5.91 Å². The molecule has 0 radical (unpaired) electrons. The van der Waals surface area contributed by atoms with Crippen molar-refractivity contribution in [3.8, 4) is 0 Å². The zero-order valence-electron chi connectivity index (χ0n) is 45.6. The van der Waals surface area contributed by atoms with Gasteiger partial charge in [-0.1, -0.05) is 262 Å². The summed E-state index contributed by atoms with van der Waals surface area (Å²) in [6.07, 6.45) is 71.4. The molecule has 68 heavy (non-hydrogen) atoms. The molecule has 6 heteroatoms. The van der Waals surface area contributed by atoms with Gasteiger partial charge >= 0.3 is 5.97 Å². The van der Waals surface area contributed by atoms with Crippen molar-refractivity contribution in [2.45, 2.75) is 334 Å². The van der Waals surface area contributed by atoms with Crippen LogP contribution in [0.15, 0.2) is 36.5 Å². The Labute approximate surface area is 424 Å². The standard InChI is InChI=1S/C62H117NO5/c1-3-5-7-9-11-13-15-17-19-28-32-36-40-44-48-52-56-62(67)68-57-53-49-45-41-37-33-29-26-24-22-20-21-23-25-27-31-35-39-43-47-51-55-61(66)63-59(58-64)60(65)54-50-46-42-38-34-30-18-16-14-12-10-8-6-4-2/h13,15,19,21,23,28,59-60,64-65H,3-12,14,16-18,20,22,24-27,29-58H2,1-2H3,(H,63,66)/b15-13-,23-21-,28-19-. The lowest BCUT2D eigenvalue weighted by atomic mass is 10.0. The zero-order valence-corrected chi connectivity index (χ0v) is 45.6. The molecule has 0 aromatic rings. The third kappa shape index (κ3) is 53.4. The van der Waals surface area contributed by atoms with Crippen LogP contribution in [0.2, 0.25) is 0 Å². The van der Waals surface area contributed by atoms with Crippen LogP contribution in [0.25, 0.3) is 0 Å². The fourth-order valence-electron chi connectivity index (χ4n) is 9.25. The number of hydrogen-bond acceptors (Lipinski definition) is 5. The van der Waals surface area contributed by atoms with Crippen molar-refractivity contribution >= 4 is 11.9 Å². The van der Waals surface area contributed by atoms with Gasteiger partial charge in [-0.3, -0.25) is 9.59 Å². The Kier molecular flexibility index (Phi) is 56.0. The van der Waals surface area contributed by atoms with E-state index >= 15 is 0 Å². The average molecular weight is 957 g/mol. The molecule has 0 saturated heterocycles. The summed E-state index contributed by atoms with van der Waals surface area (Å²) in [5.41, 5.74) is 0. The van der Waals surface area contributed by atoms with Gasteiger partial charge in [0.05, 0.1) is 25.4 Å². The lowest BCUT2D eigenvalue weighted by molar-refractivity contribution is -0.143. The Morgan fingerprint density at radius 1 is 0.412 bits per heavy atom. The van der Waals surface area contributed by atoms with Gasteiger partial charge in [-0.25, -0.2) is 0 Å². The van der Waals surface area contributed by atoms with Crippen LogP contribution in [-0.4, -0.2) is 47.4 Å². The van der Waals surface area contributed by atoms with Crippen LogP contribution >= 0.6 is 0 Å². The molecule has 0 aromatic heterocycles. The number of rotatable bonds is 56. The number of amides is 1. The molecule has 0 spiro atoms. The number of aliphatic hydroxyl groups is 2. The molecule has 0 fully saturated rings. The van der Waals surface area contributed by atoms with Gasteiger partial charge in [-0.2, -0.15) is 0 Å². The number of esters is 1. The second kappa shape index (κ2) is 57.7. The second-order valence-corrected chi connectivity index (χ2v) is 20.7. The summed E-state index contributed by atoms with van der Waals surface area (Å²) in [4.78, 5) is 24.5. The SMILES string of the molecule is CCCCCC/C=C\C/C=C\CCCCCCCC(=O)OCCCCCCCCCCCC/C=C\CCCCCCCCCC(=O)NC(CO)C(O)CCCCCCCCCCCCCCCC. The van der Waals surface area contributed by atoms with E-state index in [0.29, 0.717) is 25.9 Å². The van der Waals surface area contributed by atoms with Gasteiger partial charge in [0.25, 0.3) is 0 Å². The molecule has 2 atom stereocenters. The van der Waals surface area contributed by atoms with E-state index in [-0.39, 0.29) is 18.5 Å². The van der Waals surface area contributed by atoms with Crippen LogP contribution in [0.3, 0.4) is 0 Å². The monoisotopic (exact) mass is 956 g/mol. The third-order valence-corrected chi connectivity index (χ3v) is 13.9. The summed E-state index contributed by atoms with van der Waals surface area (Å²) in [5.74, 6) is -0.0476. The maximum Gasteiger partial charge on any atom is 0.305 e. The zero-order chi connectivity index (χ0) is 49.3. The molecule has 0 aliphatic carbocycles. The molecule has 1 amide bonds. The van der Waals surface area contributed by atoms with E-state index in [1.807, 2.05) is 0 Å². The molecule has 2 unspecified atom stereocenters. The molecule has 0 aliphatic rings. The van der Waals surface area contributed by atoms with Crippen molar-refractivity contribution < 1.29 is 24.5 Å². The first-order valence-electron chi connectivity index (χ1n) is 30.2. The number of carbonyl (C=O) groups excluding carboxylic acids is 2. The van der Waals surface area contributed by atoms with Gasteiger partial charge in [0.15, 0.2) is 0 Å². The quantitative estimate of drug-likeness (QED) is 0.0321. The summed E-state index contributed by atoms with van der Waals surface area (Å²) in [6.45, 7) is 4.93. The van der Waals surface area contributed by atoms with Crippen LogP contribution < -0.4 is 5.32 Å². The first kappa shape index (κ1) is 66.1. The molecule has 3 N–H and O–H groups in total. The average Bonchev–Trinajstić information content (AvgIpc) is 3.34. The summed E-state index contributed by atoms with van der Waals surface area (Å²) in [7, 11) is 0. The first-order valence-corrected chi connectivity index (χ1v) is 30.2. The summed E-state index contributed by atoms with van der Waals surface area (Å²) >= 11 is 0. The molecule has 6 nitrogen and oxygen atoms in total. The number of allylic oxidation sites excluding steroid dienone is 6. The van der Waals surface area contributed by atoms with Gasteiger partial charge in [-0.15, -0.1) is 0 Å². The van der Waals surface area contributed by atoms with Crippen molar-refractivity contribution in [1.29, 1.82) is 0 Å². The van der Waals surface area contributed by atoms with Crippen molar-refractivity contribution in [3.63, 3.8) is 0 Å². The minimum Gasteiger partial charge on any atom is -0.466 e. The summed E-state index contributed by atoms with van der Waals surface area (Å²) in [6, 6.07) is -0.547. The normalized spacial score (nSPS) is 12.8. The Morgan fingerprint density at radius 2 is 0.735 bits per heavy atom. The van der Waals surface area contributed by atoms with E-state index in [1.165, 1.54) is 238 Å². The number of unbranched alkanes of at least 4 members (excludes halogenated alkanes) is 39. The van der Waals surface area contributed by atoms with E-state index < -0.39 is 12.1 Å². The predicted octanol–water partition coefficient (Wildman–Crippen LogP) is 18.8. The summed E-state index contributed by atoms with van der Waals surface area (Å²) < 4.78 is 5.48. The van der Waals surface area contributed by atoms with Gasteiger partial charge < -0.3 is 20.3 Å². The topological polar surface area (TPSA) is 95.9 Å². The van der Waals surface area contributed by atoms with Gasteiger partial charge in [0, 0.05) is 12.8 Å². The fraction of sp³-hybridized carbons (Fsp3) is 0.871. The molecular formula is C62H117NO5. The van der Waals surface area contributed by atoms with Crippen molar-refractivity contribution in [2.75, 3.05) is 13.2 Å². The van der Waals surface area contributed by atoms with Crippen molar-refractivity contribution in [3.05, 3.63) is 36.5 Å². The maximum absolute atomic E-state index is 12.5. The van der Waals surface area contributed by atoms with E-state index in [4.69, 9.17) is 4.74 Å². The Morgan fingerprint density at radius 3 is 1.15 bits per heavy atom. The number of ether oxygens (including phenoxy) is 1. The highest BCUT2D eigenvalue weighted by molar-refractivity contribution is 5.76. The van der Waals surface area contributed by atoms with Crippen LogP contribution in [0.5, 0.6) is 0 Å². The maximum atomic E-state index is 12.5. The Balaban J connectivity index is 3.43. The van der Waals surface area contributed by atoms with Crippen LogP contribution in [0.1, 0.15) is 322 Å². The minimum absolute atomic E-state index is 0.00526.